The summed E-state index contributed by atoms with van der Waals surface area (Å²) >= 11 is 0. The zero-order chi connectivity index (χ0) is 19.6. The molecule has 2 aromatic rings. The maximum atomic E-state index is 12.5. The summed E-state index contributed by atoms with van der Waals surface area (Å²) in [7, 11) is 1.75. The fourth-order valence-corrected chi connectivity index (χ4v) is 2.18. The van der Waals surface area contributed by atoms with Gasteiger partial charge in [0.1, 0.15) is 5.82 Å². The van der Waals surface area contributed by atoms with Gasteiger partial charge in [-0.2, -0.15) is 0 Å². The number of rotatable bonds is 5. The molecule has 2 aromatic carbocycles. The molecule has 3 rings (SSSR count). The molecule has 2 N–H and O–H groups in total. The van der Waals surface area contributed by atoms with Gasteiger partial charge in [-0.3, -0.25) is 4.84 Å². The lowest BCUT2D eigenvalue weighted by atomic mass is 9.94. The lowest BCUT2D eigenvalue weighted by molar-refractivity contribution is 0.0444. The van der Waals surface area contributed by atoms with Crippen molar-refractivity contribution >= 4 is 0 Å². The van der Waals surface area contributed by atoms with Crippen LogP contribution < -0.4 is 10.8 Å². The molecule has 0 saturated carbocycles. The molecule has 3 nitrogen and oxygen atoms in total. The van der Waals surface area contributed by atoms with E-state index in [0.29, 0.717) is 6.61 Å². The zero-order valence-electron chi connectivity index (χ0n) is 16.9. The van der Waals surface area contributed by atoms with Crippen molar-refractivity contribution in [3.8, 4) is 0 Å². The van der Waals surface area contributed by atoms with E-state index in [2.05, 4.69) is 10.8 Å². The van der Waals surface area contributed by atoms with Crippen LogP contribution in [0.4, 0.5) is 4.39 Å². The van der Waals surface area contributed by atoms with Gasteiger partial charge in [-0.1, -0.05) is 70.2 Å². The zero-order valence-corrected chi connectivity index (χ0v) is 16.9. The Hall–Kier alpha value is -1.75. The first-order valence-electron chi connectivity index (χ1n) is 9.55. The van der Waals surface area contributed by atoms with Crippen molar-refractivity contribution in [3.63, 3.8) is 0 Å². The monoisotopic (exact) mass is 362 g/mol. The molecular formula is C22H35FN2O. The maximum Gasteiger partial charge on any atom is 0.123 e. The van der Waals surface area contributed by atoms with Gasteiger partial charge < -0.3 is 5.32 Å². The highest BCUT2D eigenvalue weighted by atomic mass is 19.1. The van der Waals surface area contributed by atoms with Crippen LogP contribution in [0.1, 0.15) is 38.8 Å². The molecule has 26 heavy (non-hydrogen) atoms. The summed E-state index contributed by atoms with van der Waals surface area (Å²) < 4.78 is 12.5. The van der Waals surface area contributed by atoms with E-state index < -0.39 is 0 Å². The van der Waals surface area contributed by atoms with Crippen LogP contribution in [0, 0.1) is 11.7 Å². The number of hydrogen-bond acceptors (Lipinski definition) is 3. The first-order chi connectivity index (χ1) is 12.8. The summed E-state index contributed by atoms with van der Waals surface area (Å²) in [5, 5.41) is 3.22. The highest BCUT2D eigenvalue weighted by Gasteiger charge is 2.16. The van der Waals surface area contributed by atoms with Crippen molar-refractivity contribution < 1.29 is 9.23 Å². The second-order valence-electron chi connectivity index (χ2n) is 5.33. The van der Waals surface area contributed by atoms with Crippen LogP contribution in [0.15, 0.2) is 54.6 Å². The summed E-state index contributed by atoms with van der Waals surface area (Å²) in [4.78, 5) is 4.97. The van der Waals surface area contributed by atoms with E-state index in [1.165, 1.54) is 23.3 Å². The highest BCUT2D eigenvalue weighted by molar-refractivity contribution is 5.17. The van der Waals surface area contributed by atoms with Crippen molar-refractivity contribution in [1.82, 2.24) is 10.8 Å². The van der Waals surface area contributed by atoms with Gasteiger partial charge in [0.15, 0.2) is 0 Å². The molecule has 0 radical (unpaired) electrons. The lowest BCUT2D eigenvalue weighted by Gasteiger charge is -2.26. The van der Waals surface area contributed by atoms with Gasteiger partial charge >= 0.3 is 0 Å². The van der Waals surface area contributed by atoms with Gasteiger partial charge in [-0.15, -0.1) is 0 Å². The SMILES string of the molecule is CC.CC.CNOCc1ccccc1.Fc1ccc(CC2CNC2)cc1. The topological polar surface area (TPSA) is 33.3 Å². The summed E-state index contributed by atoms with van der Waals surface area (Å²) in [5.41, 5.74) is 5.03. The van der Waals surface area contributed by atoms with Crippen LogP contribution >= 0.6 is 0 Å². The minimum absolute atomic E-state index is 0.148. The van der Waals surface area contributed by atoms with Crippen molar-refractivity contribution in [1.29, 1.82) is 0 Å². The Kier molecular flexibility index (Phi) is 15.6. The Labute approximate surface area is 158 Å². The molecule has 146 valence electrons. The minimum Gasteiger partial charge on any atom is -0.316 e. The minimum atomic E-state index is -0.148. The number of benzene rings is 2. The summed E-state index contributed by atoms with van der Waals surface area (Å²) in [6.07, 6.45) is 1.08. The van der Waals surface area contributed by atoms with E-state index in [1.807, 2.05) is 70.2 Å². The predicted octanol–water partition coefficient (Wildman–Crippen LogP) is 4.98. The Bertz CT molecular complexity index is 528. The van der Waals surface area contributed by atoms with Crippen LogP contribution in [-0.2, 0) is 17.9 Å². The summed E-state index contributed by atoms with van der Waals surface area (Å²) in [5.74, 6) is 0.612. The van der Waals surface area contributed by atoms with E-state index in [0.717, 1.165) is 25.4 Å². The third kappa shape index (κ3) is 11.0. The molecule has 1 aliphatic heterocycles. The molecular weight excluding hydrogens is 327 g/mol. The van der Waals surface area contributed by atoms with E-state index >= 15 is 0 Å². The third-order valence-corrected chi connectivity index (χ3v) is 3.53. The molecule has 0 spiro atoms. The Balaban J connectivity index is 0.000000409. The quantitative estimate of drug-likeness (QED) is 0.736. The second kappa shape index (κ2) is 16.7. The van der Waals surface area contributed by atoms with Crippen LogP contribution in [-0.4, -0.2) is 20.1 Å². The van der Waals surface area contributed by atoms with E-state index in [-0.39, 0.29) is 5.82 Å². The molecule has 0 aliphatic carbocycles. The van der Waals surface area contributed by atoms with Gasteiger partial charge in [0.25, 0.3) is 0 Å². The van der Waals surface area contributed by atoms with Crippen LogP contribution in [0.2, 0.25) is 0 Å². The van der Waals surface area contributed by atoms with Crippen LogP contribution in [0.3, 0.4) is 0 Å². The van der Waals surface area contributed by atoms with Crippen LogP contribution in [0.5, 0.6) is 0 Å². The number of hydroxylamine groups is 1. The maximum absolute atomic E-state index is 12.5. The fraction of sp³-hybridized carbons (Fsp3) is 0.455. The molecule has 0 atom stereocenters. The predicted molar refractivity (Wildman–Crippen MR) is 109 cm³/mol. The Morgan fingerprint density at radius 3 is 1.96 bits per heavy atom. The van der Waals surface area contributed by atoms with Gasteiger partial charge in [-0.25, -0.2) is 9.87 Å². The molecule has 1 heterocycles. The first-order valence-corrected chi connectivity index (χ1v) is 9.55. The normalized spacial score (nSPS) is 12.2. The molecule has 0 amide bonds. The van der Waals surface area contributed by atoms with Crippen molar-refractivity contribution in [2.24, 2.45) is 5.92 Å². The number of nitrogens with one attached hydrogen (secondary N) is 2. The fourth-order valence-electron chi connectivity index (χ4n) is 2.18. The van der Waals surface area contributed by atoms with E-state index in [9.17, 15) is 4.39 Å². The molecule has 0 unspecified atom stereocenters. The molecule has 1 saturated heterocycles. The smallest absolute Gasteiger partial charge is 0.123 e. The van der Waals surface area contributed by atoms with Crippen molar-refractivity contribution in [3.05, 3.63) is 71.5 Å². The van der Waals surface area contributed by atoms with Gasteiger partial charge in [0.05, 0.1) is 6.61 Å². The Morgan fingerprint density at radius 1 is 0.923 bits per heavy atom. The molecule has 1 aliphatic rings. The van der Waals surface area contributed by atoms with Crippen LogP contribution in [0.25, 0.3) is 0 Å². The highest BCUT2D eigenvalue weighted by Crippen LogP contribution is 2.12. The number of halogens is 1. The average molecular weight is 363 g/mol. The van der Waals surface area contributed by atoms with E-state index in [4.69, 9.17) is 4.84 Å². The Morgan fingerprint density at radius 2 is 1.50 bits per heavy atom. The van der Waals surface area contributed by atoms with Gasteiger partial charge in [0, 0.05) is 7.05 Å². The van der Waals surface area contributed by atoms with E-state index in [1.54, 1.807) is 7.05 Å². The average Bonchev–Trinajstić information content (AvgIpc) is 2.69. The molecule has 0 bridgehead atoms. The lowest BCUT2D eigenvalue weighted by Crippen LogP contribution is -2.43. The summed E-state index contributed by atoms with van der Waals surface area (Å²) in [6, 6.07) is 16.8. The molecule has 1 fully saturated rings. The van der Waals surface area contributed by atoms with Crippen molar-refractivity contribution in [2.75, 3.05) is 20.1 Å². The molecule has 0 aromatic heterocycles. The van der Waals surface area contributed by atoms with Crippen molar-refractivity contribution in [2.45, 2.75) is 40.7 Å². The first kappa shape index (κ1) is 24.2. The largest absolute Gasteiger partial charge is 0.316 e. The summed E-state index contributed by atoms with van der Waals surface area (Å²) in [6.45, 7) is 10.8. The van der Waals surface area contributed by atoms with Gasteiger partial charge in [0.2, 0.25) is 0 Å². The third-order valence-electron chi connectivity index (χ3n) is 3.53. The molecule has 4 heteroatoms. The standard InChI is InChI=1S/C10H12FN.C8H11NO.2C2H6/c11-10-3-1-8(2-4-10)5-9-6-12-7-9;1-9-10-7-8-5-3-2-4-6-8;2*1-2/h1-4,9,12H,5-7H2;2-6,9H,7H2,1H3;2*1-2H3. The second-order valence-corrected chi connectivity index (χ2v) is 5.33. The number of hydrogen-bond donors (Lipinski definition) is 2. The van der Waals surface area contributed by atoms with Gasteiger partial charge in [-0.05, 0) is 48.7 Å².